The van der Waals surface area contributed by atoms with Crippen molar-refractivity contribution in [3.05, 3.63) is 32.9 Å². The van der Waals surface area contributed by atoms with E-state index in [-0.39, 0.29) is 20.8 Å². The van der Waals surface area contributed by atoms with E-state index in [0.717, 1.165) is 26.2 Å². The highest BCUT2D eigenvalue weighted by atomic mass is 35.5. The average molecular weight is 642 g/mol. The van der Waals surface area contributed by atoms with Crippen molar-refractivity contribution in [1.29, 1.82) is 0 Å². The zero-order chi connectivity index (χ0) is 29.2. The number of ether oxygens (including phenoxy) is 1. The first-order valence-electron chi connectivity index (χ1n) is 8.82. The molecule has 0 saturated carbocycles. The predicted molar refractivity (Wildman–Crippen MR) is 107 cm³/mol. The summed E-state index contributed by atoms with van der Waals surface area (Å²) < 4.78 is 180. The number of rotatable bonds is 8. The van der Waals surface area contributed by atoms with Gasteiger partial charge in [-0.05, 0) is 30.8 Å². The fraction of sp³-hybridized carbons (Fsp3) is 0.471. The van der Waals surface area contributed by atoms with Crippen LogP contribution in [-0.2, 0) is 0 Å². The summed E-state index contributed by atoms with van der Waals surface area (Å²) in [4.78, 5) is -1.24. The Hall–Kier alpha value is -1.46. The van der Waals surface area contributed by atoms with Crippen molar-refractivity contribution in [1.82, 2.24) is 9.78 Å². The van der Waals surface area contributed by atoms with Crippen LogP contribution in [0, 0.1) is 6.92 Å². The smallest absolute Gasteiger partial charge is 0.460 e. The molecule has 0 aliphatic heterocycles. The Kier molecular flexibility index (Phi) is 8.26. The lowest BCUT2D eigenvalue weighted by atomic mass is 9.98. The highest BCUT2D eigenvalue weighted by molar-refractivity contribution is 8.00. The Morgan fingerprint density at radius 3 is 1.59 bits per heavy atom. The van der Waals surface area contributed by atoms with Gasteiger partial charge in [-0.25, -0.2) is 4.68 Å². The Morgan fingerprint density at radius 1 is 0.757 bits per heavy atom. The van der Waals surface area contributed by atoms with Gasteiger partial charge in [-0.3, -0.25) is 0 Å². The number of thioether (sulfide) groups is 1. The average Bonchev–Trinajstić information content (AvgIpc) is 3.00. The quantitative estimate of drug-likeness (QED) is 0.213. The molecule has 1 aromatic carbocycles. The van der Waals surface area contributed by atoms with E-state index in [1.807, 2.05) is 0 Å². The van der Waals surface area contributed by atoms with Crippen LogP contribution in [-0.4, -0.2) is 52.0 Å². The van der Waals surface area contributed by atoms with E-state index in [1.165, 1.54) is 0 Å². The molecule has 0 N–H and O–H groups in total. The van der Waals surface area contributed by atoms with E-state index in [1.54, 1.807) is 0 Å². The third-order valence-corrected chi connectivity index (χ3v) is 6.53. The second-order valence-electron chi connectivity index (χ2n) is 6.97. The van der Waals surface area contributed by atoms with Crippen molar-refractivity contribution < 1.29 is 61.8 Å². The number of alkyl halides is 13. The van der Waals surface area contributed by atoms with Crippen molar-refractivity contribution >= 4 is 46.6 Å². The number of hydrogen-bond acceptors (Lipinski definition) is 3. The van der Waals surface area contributed by atoms with Crippen molar-refractivity contribution in [2.24, 2.45) is 0 Å². The Balaban J connectivity index is 2.65. The van der Waals surface area contributed by atoms with Crippen LogP contribution in [0.1, 0.15) is 5.69 Å². The second kappa shape index (κ2) is 9.62. The van der Waals surface area contributed by atoms with Crippen LogP contribution in [0.4, 0.5) is 57.1 Å². The topological polar surface area (TPSA) is 27.1 Å². The molecule has 0 spiro atoms. The molecule has 20 heteroatoms. The second-order valence-corrected chi connectivity index (χ2v) is 9.34. The van der Waals surface area contributed by atoms with Gasteiger partial charge < -0.3 is 4.74 Å². The van der Waals surface area contributed by atoms with Crippen LogP contribution in [0.5, 0.6) is 5.88 Å². The zero-order valence-corrected chi connectivity index (χ0v) is 20.5. The maximum Gasteiger partial charge on any atom is 0.460 e. The van der Waals surface area contributed by atoms with Gasteiger partial charge >= 0.3 is 35.1 Å². The summed E-state index contributed by atoms with van der Waals surface area (Å²) in [5.74, 6) is -32.3. The van der Waals surface area contributed by atoms with Gasteiger partial charge in [-0.15, -0.1) is 5.10 Å². The SMILES string of the molecule is COc1nn(-c2c(Cl)cc(Cl)cc2Cl)c(C)c1SC(F)(F)C(F)(F)C(F)(F)C(F)(F)C(F)(F)C(F)(F)F. The Labute approximate surface area is 216 Å². The van der Waals surface area contributed by atoms with Gasteiger partial charge in [0.15, 0.2) is 0 Å². The van der Waals surface area contributed by atoms with Gasteiger partial charge in [0.2, 0.25) is 5.88 Å². The molecular weight excluding hydrogens is 634 g/mol. The normalized spacial score (nSPS) is 14.3. The number of methoxy groups -OCH3 is 1. The first kappa shape index (κ1) is 31.8. The molecule has 1 aromatic heterocycles. The summed E-state index contributed by atoms with van der Waals surface area (Å²) in [5.41, 5.74) is -0.980. The van der Waals surface area contributed by atoms with Crippen molar-refractivity contribution in [2.45, 2.75) is 46.9 Å². The molecule has 1 heterocycles. The van der Waals surface area contributed by atoms with Crippen molar-refractivity contribution in [3.63, 3.8) is 0 Å². The van der Waals surface area contributed by atoms with E-state index in [4.69, 9.17) is 34.8 Å². The highest BCUT2D eigenvalue weighted by Gasteiger charge is 2.91. The molecule has 0 saturated heterocycles. The molecule has 3 nitrogen and oxygen atoms in total. The maximum atomic E-state index is 14.4. The minimum absolute atomic E-state index is 0.0323. The summed E-state index contributed by atoms with van der Waals surface area (Å²) in [6, 6.07) is 2.13. The molecule has 0 unspecified atom stereocenters. The van der Waals surface area contributed by atoms with Crippen LogP contribution in [0.3, 0.4) is 0 Å². The van der Waals surface area contributed by atoms with Gasteiger partial charge in [0, 0.05) is 5.02 Å². The van der Waals surface area contributed by atoms with E-state index in [9.17, 15) is 57.1 Å². The molecule has 0 radical (unpaired) electrons. The molecule has 210 valence electrons. The molecular formula is C17H8Cl3F13N2OS. The standard InChI is InChI=1S/C17H8Cl3F13N2OS/c1-5-10(11(36-2)34-35(5)9-7(19)3-6(18)4-8(9)20)37-17(32,33)15(27,28)13(23,24)12(21,22)14(25,26)16(29,30)31/h3-4H,1-2H3. The molecule has 0 fully saturated rings. The van der Waals surface area contributed by atoms with Crippen LogP contribution >= 0.6 is 46.6 Å². The first-order chi connectivity index (χ1) is 16.4. The molecule has 37 heavy (non-hydrogen) atoms. The number of aromatic nitrogens is 2. The van der Waals surface area contributed by atoms with Crippen LogP contribution in [0.25, 0.3) is 5.69 Å². The lowest BCUT2D eigenvalue weighted by molar-refractivity contribution is -0.433. The van der Waals surface area contributed by atoms with Gasteiger partial charge in [-0.1, -0.05) is 34.8 Å². The molecule has 0 bridgehead atoms. The summed E-state index contributed by atoms with van der Waals surface area (Å²) >= 11 is 16.0. The molecule has 2 aromatic rings. The number of hydrogen-bond donors (Lipinski definition) is 0. The van der Waals surface area contributed by atoms with E-state index < -0.39 is 63.4 Å². The minimum atomic E-state index is -8.01. The molecule has 2 rings (SSSR count). The fourth-order valence-corrected chi connectivity index (χ4v) is 4.55. The van der Waals surface area contributed by atoms with Crippen molar-refractivity contribution in [2.75, 3.05) is 7.11 Å². The monoisotopic (exact) mass is 640 g/mol. The van der Waals surface area contributed by atoms with Gasteiger partial charge in [0.05, 0.1) is 27.7 Å². The van der Waals surface area contributed by atoms with Gasteiger partial charge in [0.25, 0.3) is 0 Å². The predicted octanol–water partition coefficient (Wildman–Crippen LogP) is 8.94. The summed E-state index contributed by atoms with van der Waals surface area (Å²) in [5, 5.41) is -3.52. The van der Waals surface area contributed by atoms with E-state index in [0.29, 0.717) is 4.68 Å². The molecule has 0 atom stereocenters. The Morgan fingerprint density at radius 2 is 1.19 bits per heavy atom. The fourth-order valence-electron chi connectivity index (χ4n) is 2.62. The largest absolute Gasteiger partial charge is 0.479 e. The third-order valence-electron chi connectivity index (χ3n) is 4.55. The van der Waals surface area contributed by atoms with Crippen molar-refractivity contribution in [3.8, 4) is 11.6 Å². The number of nitrogens with zero attached hydrogens (tertiary/aromatic N) is 2. The summed E-state index contributed by atoms with van der Waals surface area (Å²) in [7, 11) is 0.726. The minimum Gasteiger partial charge on any atom is -0.479 e. The van der Waals surface area contributed by atoms with E-state index in [2.05, 4.69) is 9.84 Å². The molecule has 0 amide bonds. The third kappa shape index (κ3) is 4.88. The van der Waals surface area contributed by atoms with Crippen LogP contribution in [0.2, 0.25) is 15.1 Å². The van der Waals surface area contributed by atoms with E-state index >= 15 is 0 Å². The first-order valence-corrected chi connectivity index (χ1v) is 10.8. The molecule has 0 aliphatic carbocycles. The summed E-state index contributed by atoms with van der Waals surface area (Å²) in [6.45, 7) is 0.845. The lowest BCUT2D eigenvalue weighted by Crippen LogP contribution is -2.69. The zero-order valence-electron chi connectivity index (χ0n) is 17.4. The van der Waals surface area contributed by atoms with Crippen LogP contribution < -0.4 is 4.74 Å². The summed E-state index contributed by atoms with van der Waals surface area (Å²) in [6.07, 6.45) is -7.50. The number of benzene rings is 1. The van der Waals surface area contributed by atoms with Gasteiger partial charge in [-0.2, -0.15) is 57.1 Å². The Bertz CT molecular complexity index is 1160. The van der Waals surface area contributed by atoms with Gasteiger partial charge in [0.1, 0.15) is 5.69 Å². The maximum absolute atomic E-state index is 14.4. The van der Waals surface area contributed by atoms with Crippen LogP contribution in [0.15, 0.2) is 17.0 Å². The highest BCUT2D eigenvalue weighted by Crippen LogP contribution is 2.63. The number of halogens is 16. The molecule has 0 aliphatic rings. The lowest BCUT2D eigenvalue weighted by Gasteiger charge is -2.39.